The standard InChI is InChI=1S/C15H27NO3S/c1-11(20-13-6-8-19-9-7-13)10-15(2,14(17)18-3)16-12-4-5-12/h11-13,16H,4-10H2,1-3H3. The van der Waals surface area contributed by atoms with Gasteiger partial charge in [-0.15, -0.1) is 0 Å². The van der Waals surface area contributed by atoms with E-state index in [1.165, 1.54) is 20.0 Å². The Labute approximate surface area is 126 Å². The fraction of sp³-hybridized carbons (Fsp3) is 0.933. The van der Waals surface area contributed by atoms with Gasteiger partial charge < -0.3 is 9.47 Å². The molecule has 5 heteroatoms. The molecular formula is C15H27NO3S. The maximum atomic E-state index is 12.1. The van der Waals surface area contributed by atoms with Crippen molar-refractivity contribution < 1.29 is 14.3 Å². The molecule has 2 unspecified atom stereocenters. The Hall–Kier alpha value is -0.260. The summed E-state index contributed by atoms with van der Waals surface area (Å²) in [5, 5.41) is 4.58. The van der Waals surface area contributed by atoms with Gasteiger partial charge in [0.1, 0.15) is 5.54 Å². The summed E-state index contributed by atoms with van der Waals surface area (Å²) in [6.07, 6.45) is 5.42. The van der Waals surface area contributed by atoms with Crippen LogP contribution in [-0.4, -0.2) is 48.4 Å². The second-order valence-electron chi connectivity index (χ2n) is 6.20. The van der Waals surface area contributed by atoms with Crippen molar-refractivity contribution in [3.8, 4) is 0 Å². The van der Waals surface area contributed by atoms with Crippen molar-refractivity contribution in [3.63, 3.8) is 0 Å². The van der Waals surface area contributed by atoms with E-state index in [1.807, 2.05) is 18.7 Å². The van der Waals surface area contributed by atoms with E-state index in [1.54, 1.807) is 0 Å². The van der Waals surface area contributed by atoms with E-state index in [0.717, 1.165) is 32.5 Å². The molecule has 1 heterocycles. The van der Waals surface area contributed by atoms with Gasteiger partial charge in [0.05, 0.1) is 7.11 Å². The first kappa shape index (κ1) is 16.1. The Bertz CT molecular complexity index is 329. The molecule has 2 fully saturated rings. The molecule has 0 bridgehead atoms. The van der Waals surface area contributed by atoms with Crippen molar-refractivity contribution in [2.75, 3.05) is 20.3 Å². The van der Waals surface area contributed by atoms with Crippen LogP contribution in [0.5, 0.6) is 0 Å². The predicted molar refractivity (Wildman–Crippen MR) is 82.1 cm³/mol. The molecule has 1 aliphatic carbocycles. The van der Waals surface area contributed by atoms with E-state index in [4.69, 9.17) is 9.47 Å². The van der Waals surface area contributed by atoms with Crippen LogP contribution in [0, 0.1) is 0 Å². The molecule has 0 radical (unpaired) electrons. The highest BCUT2D eigenvalue weighted by Gasteiger charge is 2.40. The fourth-order valence-electron chi connectivity index (χ4n) is 2.87. The molecule has 4 nitrogen and oxygen atoms in total. The highest BCUT2D eigenvalue weighted by molar-refractivity contribution is 8.00. The van der Waals surface area contributed by atoms with Crippen LogP contribution in [0.4, 0.5) is 0 Å². The molecule has 0 amide bonds. The van der Waals surface area contributed by atoms with E-state index in [2.05, 4.69) is 12.2 Å². The number of nitrogens with one attached hydrogen (secondary N) is 1. The largest absolute Gasteiger partial charge is 0.468 e. The van der Waals surface area contributed by atoms with Gasteiger partial charge in [-0.3, -0.25) is 10.1 Å². The number of carbonyl (C=O) groups excluding carboxylic acids is 1. The normalized spacial score (nSPS) is 24.9. The van der Waals surface area contributed by atoms with Crippen molar-refractivity contribution in [1.82, 2.24) is 5.32 Å². The number of methoxy groups -OCH3 is 1. The van der Waals surface area contributed by atoms with Crippen LogP contribution in [0.15, 0.2) is 0 Å². The molecule has 0 aromatic carbocycles. The molecule has 1 saturated carbocycles. The molecular weight excluding hydrogens is 274 g/mol. The van der Waals surface area contributed by atoms with E-state index >= 15 is 0 Å². The van der Waals surface area contributed by atoms with E-state index in [9.17, 15) is 4.79 Å². The second-order valence-corrected chi connectivity index (χ2v) is 7.95. The molecule has 2 rings (SSSR count). The maximum Gasteiger partial charge on any atom is 0.325 e. The summed E-state index contributed by atoms with van der Waals surface area (Å²) in [7, 11) is 1.48. The summed E-state index contributed by atoms with van der Waals surface area (Å²) in [6.45, 7) is 5.95. The number of ether oxygens (including phenoxy) is 2. The third-order valence-electron chi connectivity index (χ3n) is 4.02. The van der Waals surface area contributed by atoms with E-state index in [-0.39, 0.29) is 5.97 Å². The Balaban J connectivity index is 1.86. The van der Waals surface area contributed by atoms with Gasteiger partial charge in [-0.1, -0.05) is 6.92 Å². The summed E-state index contributed by atoms with van der Waals surface area (Å²) in [6, 6.07) is 0.499. The van der Waals surface area contributed by atoms with Gasteiger partial charge in [0, 0.05) is 29.8 Å². The topological polar surface area (TPSA) is 47.6 Å². The molecule has 0 aromatic heterocycles. The molecule has 1 N–H and O–H groups in total. The average molecular weight is 301 g/mol. The lowest BCUT2D eigenvalue weighted by atomic mass is 9.96. The Morgan fingerprint density at radius 1 is 1.40 bits per heavy atom. The SMILES string of the molecule is COC(=O)C(C)(CC(C)SC1CCOCC1)NC1CC1. The number of hydrogen-bond acceptors (Lipinski definition) is 5. The quantitative estimate of drug-likeness (QED) is 0.732. The number of rotatable bonds is 7. The summed E-state index contributed by atoms with van der Waals surface area (Å²) in [4.78, 5) is 12.1. The highest BCUT2D eigenvalue weighted by atomic mass is 32.2. The second kappa shape index (κ2) is 7.14. The van der Waals surface area contributed by atoms with Gasteiger partial charge in [-0.25, -0.2) is 0 Å². The van der Waals surface area contributed by atoms with Crippen LogP contribution >= 0.6 is 11.8 Å². The van der Waals surface area contributed by atoms with Gasteiger partial charge in [0.2, 0.25) is 0 Å². The smallest absolute Gasteiger partial charge is 0.325 e. The van der Waals surface area contributed by atoms with Crippen LogP contribution in [-0.2, 0) is 14.3 Å². The Kier molecular flexibility index (Phi) is 5.75. The van der Waals surface area contributed by atoms with Crippen LogP contribution < -0.4 is 5.32 Å². The molecule has 20 heavy (non-hydrogen) atoms. The van der Waals surface area contributed by atoms with Gasteiger partial charge in [0.15, 0.2) is 0 Å². The van der Waals surface area contributed by atoms with Gasteiger partial charge in [-0.2, -0.15) is 11.8 Å². The zero-order valence-electron chi connectivity index (χ0n) is 12.8. The monoisotopic (exact) mass is 301 g/mol. The average Bonchev–Trinajstić information content (AvgIpc) is 3.22. The number of esters is 1. The summed E-state index contributed by atoms with van der Waals surface area (Å²) < 4.78 is 10.4. The molecule has 1 aliphatic heterocycles. The number of hydrogen-bond donors (Lipinski definition) is 1. The summed E-state index contributed by atoms with van der Waals surface area (Å²) >= 11 is 1.99. The molecule has 116 valence electrons. The highest BCUT2D eigenvalue weighted by Crippen LogP contribution is 2.32. The molecule has 1 saturated heterocycles. The first-order chi connectivity index (χ1) is 9.53. The predicted octanol–water partition coefficient (Wildman–Crippen LogP) is 2.36. The lowest BCUT2D eigenvalue weighted by Crippen LogP contribution is -2.52. The number of thioether (sulfide) groups is 1. The third-order valence-corrected chi connectivity index (χ3v) is 5.51. The minimum Gasteiger partial charge on any atom is -0.468 e. The minimum atomic E-state index is -0.548. The van der Waals surface area contributed by atoms with Gasteiger partial charge >= 0.3 is 5.97 Å². The fourth-order valence-corrected chi connectivity index (χ4v) is 4.42. The van der Waals surface area contributed by atoms with Crippen molar-refractivity contribution in [2.24, 2.45) is 0 Å². The Morgan fingerprint density at radius 2 is 2.05 bits per heavy atom. The molecule has 2 atom stereocenters. The zero-order chi connectivity index (χ0) is 14.6. The zero-order valence-corrected chi connectivity index (χ0v) is 13.6. The maximum absolute atomic E-state index is 12.1. The van der Waals surface area contributed by atoms with Gasteiger partial charge in [0.25, 0.3) is 0 Å². The summed E-state index contributed by atoms with van der Waals surface area (Å²) in [5.41, 5.74) is -0.548. The number of carbonyl (C=O) groups is 1. The van der Waals surface area contributed by atoms with E-state index in [0.29, 0.717) is 16.5 Å². The third kappa shape index (κ3) is 4.64. The van der Waals surface area contributed by atoms with Crippen molar-refractivity contribution in [2.45, 2.75) is 68.0 Å². The summed E-state index contributed by atoms with van der Waals surface area (Å²) in [5.74, 6) is -0.135. The molecule has 0 spiro atoms. The van der Waals surface area contributed by atoms with Crippen molar-refractivity contribution in [3.05, 3.63) is 0 Å². The molecule has 0 aromatic rings. The lowest BCUT2D eigenvalue weighted by molar-refractivity contribution is -0.148. The van der Waals surface area contributed by atoms with Crippen LogP contribution in [0.2, 0.25) is 0 Å². The Morgan fingerprint density at radius 3 is 2.60 bits per heavy atom. The van der Waals surface area contributed by atoms with Crippen molar-refractivity contribution >= 4 is 17.7 Å². The van der Waals surface area contributed by atoms with Crippen LogP contribution in [0.3, 0.4) is 0 Å². The van der Waals surface area contributed by atoms with Crippen LogP contribution in [0.25, 0.3) is 0 Å². The van der Waals surface area contributed by atoms with E-state index < -0.39 is 5.54 Å². The van der Waals surface area contributed by atoms with Crippen LogP contribution in [0.1, 0.15) is 46.0 Å². The van der Waals surface area contributed by atoms with Crippen molar-refractivity contribution in [1.29, 1.82) is 0 Å². The lowest BCUT2D eigenvalue weighted by Gasteiger charge is -2.32. The van der Waals surface area contributed by atoms with Gasteiger partial charge in [-0.05, 0) is 39.0 Å². The minimum absolute atomic E-state index is 0.135. The molecule has 2 aliphatic rings. The first-order valence-corrected chi connectivity index (χ1v) is 8.57. The first-order valence-electron chi connectivity index (χ1n) is 7.63.